The van der Waals surface area contributed by atoms with Crippen molar-refractivity contribution >= 4 is 5.97 Å². The lowest BCUT2D eigenvalue weighted by molar-refractivity contribution is 0.0694. The van der Waals surface area contributed by atoms with Gasteiger partial charge in [-0.1, -0.05) is 0 Å². The summed E-state index contributed by atoms with van der Waals surface area (Å²) in [6.07, 6.45) is 0.790. The Kier molecular flexibility index (Phi) is 3.90. The molecule has 6 nitrogen and oxygen atoms in total. The van der Waals surface area contributed by atoms with Crippen molar-refractivity contribution in [3.8, 4) is 0 Å². The van der Waals surface area contributed by atoms with E-state index in [0.29, 0.717) is 12.2 Å². The average Bonchev–Trinajstić information content (AvgIpc) is 2.56. The van der Waals surface area contributed by atoms with Crippen molar-refractivity contribution in [2.75, 3.05) is 0 Å². The third-order valence-electron chi connectivity index (χ3n) is 3.05. The molecule has 0 aliphatic carbocycles. The van der Waals surface area contributed by atoms with Gasteiger partial charge in [-0.15, -0.1) is 0 Å². The molecule has 0 aliphatic heterocycles. The van der Waals surface area contributed by atoms with Crippen LogP contribution in [0, 0.1) is 0 Å². The Labute approximate surface area is 100 Å². The first-order chi connectivity index (χ1) is 7.75. The molecule has 96 valence electrons. The number of nitrogens with one attached hydrogen (secondary N) is 1. The van der Waals surface area contributed by atoms with Crippen molar-refractivity contribution in [2.24, 2.45) is 7.05 Å². The van der Waals surface area contributed by atoms with Gasteiger partial charge in [0.15, 0.2) is 0 Å². The van der Waals surface area contributed by atoms with Crippen LogP contribution in [0.15, 0.2) is 6.20 Å². The second kappa shape index (κ2) is 4.85. The van der Waals surface area contributed by atoms with Crippen LogP contribution < -0.4 is 5.32 Å². The fourth-order valence-electron chi connectivity index (χ4n) is 1.31. The zero-order chi connectivity index (χ0) is 13.2. The van der Waals surface area contributed by atoms with Crippen molar-refractivity contribution in [1.29, 1.82) is 0 Å². The third kappa shape index (κ3) is 3.04. The molecule has 0 aliphatic rings. The minimum absolute atomic E-state index is 0.182. The highest BCUT2D eigenvalue weighted by Crippen LogP contribution is 2.12. The first-order valence-corrected chi connectivity index (χ1v) is 5.43. The molecule has 0 amide bonds. The Morgan fingerprint density at radius 1 is 1.65 bits per heavy atom. The van der Waals surface area contributed by atoms with Gasteiger partial charge in [-0.2, -0.15) is 5.10 Å². The number of aromatic nitrogens is 2. The van der Waals surface area contributed by atoms with Crippen LogP contribution in [0.25, 0.3) is 0 Å². The molecule has 0 spiro atoms. The summed E-state index contributed by atoms with van der Waals surface area (Å²) in [7, 11) is 1.69. The Bertz CT molecular complexity index is 410. The molecule has 1 aromatic rings. The number of aliphatic hydroxyl groups is 1. The van der Waals surface area contributed by atoms with Crippen molar-refractivity contribution in [3.05, 3.63) is 17.5 Å². The van der Waals surface area contributed by atoms with Crippen LogP contribution in [0.1, 0.15) is 36.8 Å². The number of hydrogen-bond acceptors (Lipinski definition) is 4. The number of carboxylic acid groups (broad SMARTS) is 1. The van der Waals surface area contributed by atoms with E-state index in [9.17, 15) is 9.90 Å². The SMILES string of the molecule is CC(O)C(C)(C)NCc1c(C(=O)O)cnn1C. The normalized spacial score (nSPS) is 13.7. The summed E-state index contributed by atoms with van der Waals surface area (Å²) in [5, 5.41) is 25.6. The number of aliphatic hydroxyl groups excluding tert-OH is 1. The highest BCUT2D eigenvalue weighted by atomic mass is 16.4. The lowest BCUT2D eigenvalue weighted by atomic mass is 9.98. The van der Waals surface area contributed by atoms with Crippen LogP contribution in [-0.4, -0.2) is 37.6 Å². The Morgan fingerprint density at radius 2 is 2.24 bits per heavy atom. The fraction of sp³-hybridized carbons (Fsp3) is 0.636. The first-order valence-electron chi connectivity index (χ1n) is 5.43. The van der Waals surface area contributed by atoms with Crippen LogP contribution in [0.2, 0.25) is 0 Å². The second-order valence-electron chi connectivity index (χ2n) is 4.68. The standard InChI is InChI=1S/C11H19N3O3/c1-7(15)11(2,3)12-6-9-8(10(16)17)5-13-14(9)4/h5,7,12,15H,6H2,1-4H3,(H,16,17). The molecule has 3 N–H and O–H groups in total. The number of aromatic carboxylic acids is 1. The number of carboxylic acids is 1. The van der Waals surface area contributed by atoms with Crippen LogP contribution in [0.5, 0.6) is 0 Å². The number of carbonyl (C=O) groups is 1. The van der Waals surface area contributed by atoms with E-state index in [0.717, 1.165) is 0 Å². The van der Waals surface area contributed by atoms with Gasteiger partial charge in [0.25, 0.3) is 0 Å². The van der Waals surface area contributed by atoms with Gasteiger partial charge >= 0.3 is 5.97 Å². The highest BCUT2D eigenvalue weighted by molar-refractivity contribution is 5.88. The highest BCUT2D eigenvalue weighted by Gasteiger charge is 2.24. The largest absolute Gasteiger partial charge is 0.478 e. The van der Waals surface area contributed by atoms with Gasteiger partial charge in [0, 0.05) is 19.1 Å². The molecule has 1 aromatic heterocycles. The maximum Gasteiger partial charge on any atom is 0.339 e. The summed E-state index contributed by atoms with van der Waals surface area (Å²) < 4.78 is 1.52. The maximum atomic E-state index is 11.0. The molecule has 0 aromatic carbocycles. The molecule has 0 saturated heterocycles. The van der Waals surface area contributed by atoms with Crippen molar-refractivity contribution in [1.82, 2.24) is 15.1 Å². The van der Waals surface area contributed by atoms with E-state index in [1.54, 1.807) is 14.0 Å². The van der Waals surface area contributed by atoms with Gasteiger partial charge in [-0.05, 0) is 20.8 Å². The van der Waals surface area contributed by atoms with Gasteiger partial charge < -0.3 is 15.5 Å². The van der Waals surface area contributed by atoms with Crippen LogP contribution in [0.4, 0.5) is 0 Å². The van der Waals surface area contributed by atoms with E-state index in [-0.39, 0.29) is 5.56 Å². The quantitative estimate of drug-likeness (QED) is 0.693. The molecule has 1 unspecified atom stereocenters. The van der Waals surface area contributed by atoms with Crippen molar-refractivity contribution in [3.63, 3.8) is 0 Å². The summed E-state index contributed by atoms with van der Waals surface area (Å²) in [5.74, 6) is -0.996. The fourth-order valence-corrected chi connectivity index (χ4v) is 1.31. The smallest absolute Gasteiger partial charge is 0.339 e. The molecule has 1 atom stereocenters. The monoisotopic (exact) mass is 241 g/mol. The molecule has 0 bridgehead atoms. The van der Waals surface area contributed by atoms with E-state index in [1.165, 1.54) is 10.9 Å². The lowest BCUT2D eigenvalue weighted by Crippen LogP contribution is -2.48. The van der Waals surface area contributed by atoms with Crippen LogP contribution >= 0.6 is 0 Å². The molecule has 6 heteroatoms. The summed E-state index contributed by atoms with van der Waals surface area (Å²) >= 11 is 0. The van der Waals surface area contributed by atoms with Crippen molar-refractivity contribution in [2.45, 2.75) is 39.0 Å². The molecule has 0 fully saturated rings. The minimum atomic E-state index is -0.996. The summed E-state index contributed by atoms with van der Waals surface area (Å²) in [5.41, 5.74) is 0.285. The summed E-state index contributed by atoms with van der Waals surface area (Å²) in [6.45, 7) is 5.74. The minimum Gasteiger partial charge on any atom is -0.478 e. The van der Waals surface area contributed by atoms with Gasteiger partial charge in [0.1, 0.15) is 5.56 Å². The van der Waals surface area contributed by atoms with Gasteiger partial charge in [-0.3, -0.25) is 4.68 Å². The third-order valence-corrected chi connectivity index (χ3v) is 3.05. The summed E-state index contributed by atoms with van der Waals surface area (Å²) in [4.78, 5) is 11.0. The lowest BCUT2D eigenvalue weighted by Gasteiger charge is -2.29. The van der Waals surface area contributed by atoms with Crippen LogP contribution in [0.3, 0.4) is 0 Å². The molecule has 1 rings (SSSR count). The topological polar surface area (TPSA) is 87.4 Å². The van der Waals surface area contributed by atoms with Crippen molar-refractivity contribution < 1.29 is 15.0 Å². The van der Waals surface area contributed by atoms with E-state index in [2.05, 4.69) is 10.4 Å². The van der Waals surface area contributed by atoms with Gasteiger partial charge in [0.05, 0.1) is 18.0 Å². The summed E-state index contributed by atoms with van der Waals surface area (Å²) in [6, 6.07) is 0. The second-order valence-corrected chi connectivity index (χ2v) is 4.68. The zero-order valence-electron chi connectivity index (χ0n) is 10.6. The maximum absolute atomic E-state index is 11.0. The van der Waals surface area contributed by atoms with Gasteiger partial charge in [0.2, 0.25) is 0 Å². The molecule has 1 heterocycles. The van der Waals surface area contributed by atoms with E-state index < -0.39 is 17.6 Å². The molecule has 0 saturated carbocycles. The van der Waals surface area contributed by atoms with E-state index in [1.807, 2.05) is 13.8 Å². The predicted molar refractivity (Wildman–Crippen MR) is 62.8 cm³/mol. The molecular formula is C11H19N3O3. The number of rotatable bonds is 5. The zero-order valence-corrected chi connectivity index (χ0v) is 10.6. The molecular weight excluding hydrogens is 222 g/mol. The molecule has 17 heavy (non-hydrogen) atoms. The number of nitrogens with zero attached hydrogens (tertiary/aromatic N) is 2. The Balaban J connectivity index is 2.82. The Morgan fingerprint density at radius 3 is 2.71 bits per heavy atom. The van der Waals surface area contributed by atoms with E-state index >= 15 is 0 Å². The first kappa shape index (κ1) is 13.7. The average molecular weight is 241 g/mol. The predicted octanol–water partition coefficient (Wildman–Crippen LogP) is 0.367. The number of hydrogen-bond donors (Lipinski definition) is 3. The molecule has 0 radical (unpaired) electrons. The van der Waals surface area contributed by atoms with E-state index in [4.69, 9.17) is 5.11 Å². The number of aryl methyl sites for hydroxylation is 1. The van der Waals surface area contributed by atoms with Crippen LogP contribution in [-0.2, 0) is 13.6 Å². The van der Waals surface area contributed by atoms with Gasteiger partial charge in [-0.25, -0.2) is 4.79 Å². The Hall–Kier alpha value is -1.40.